The first kappa shape index (κ1) is 37.8. The zero-order chi connectivity index (χ0) is 35.4. The number of rotatable bonds is 10. The molecule has 15 heteroatoms. The third-order valence-corrected chi connectivity index (χ3v) is 10.3. The van der Waals surface area contributed by atoms with Gasteiger partial charge in [-0.3, -0.25) is 9.59 Å². The number of benzene rings is 5. The van der Waals surface area contributed by atoms with Gasteiger partial charge in [0.2, 0.25) is 0 Å². The van der Waals surface area contributed by atoms with Crippen LogP contribution in [0.15, 0.2) is 110 Å². The van der Waals surface area contributed by atoms with Crippen LogP contribution in [0.5, 0.6) is 57.5 Å². The lowest BCUT2D eigenvalue weighted by molar-refractivity contribution is -0.132. The molecule has 0 saturated heterocycles. The lowest BCUT2D eigenvalue weighted by atomic mass is 10.2. The lowest BCUT2D eigenvalue weighted by Crippen LogP contribution is -2.04. The lowest BCUT2D eigenvalue weighted by Gasteiger charge is -2.19. The normalized spacial score (nSPS) is 10.7. The van der Waals surface area contributed by atoms with Crippen LogP contribution in [0.25, 0.3) is 0 Å². The van der Waals surface area contributed by atoms with E-state index in [-0.39, 0.29) is 17.2 Å². The van der Waals surface area contributed by atoms with Gasteiger partial charge in [-0.2, -0.15) is 0 Å². The molecule has 0 N–H and O–H groups in total. The summed E-state index contributed by atoms with van der Waals surface area (Å²) >= 11 is 24.6. The molecule has 0 aliphatic heterocycles. The fraction of sp³-hybridized carbons (Fsp3) is 0.0588. The van der Waals surface area contributed by atoms with Gasteiger partial charge in [-0.25, -0.2) is 0 Å². The number of hydrogen-bond donors (Lipinski definition) is 0. The summed E-state index contributed by atoms with van der Waals surface area (Å²) in [4.78, 5) is 23.4. The molecule has 0 aliphatic carbocycles. The molecule has 0 aliphatic rings. The molecule has 0 radical (unpaired) electrons. The van der Waals surface area contributed by atoms with Crippen molar-refractivity contribution in [2.24, 2.45) is 0 Å². The van der Waals surface area contributed by atoms with Crippen LogP contribution in [-0.4, -0.2) is 11.9 Å². The molecule has 5 aromatic carbocycles. The molecule has 0 heterocycles. The quantitative estimate of drug-likeness (QED) is 0.101. The van der Waals surface area contributed by atoms with Gasteiger partial charge >= 0.3 is 11.9 Å². The van der Waals surface area contributed by atoms with Crippen molar-refractivity contribution in [1.29, 1.82) is 0 Å². The van der Waals surface area contributed by atoms with E-state index in [9.17, 15) is 9.59 Å². The minimum atomic E-state index is -0.526. The Labute approximate surface area is 339 Å². The van der Waals surface area contributed by atoms with Gasteiger partial charge in [0.15, 0.2) is 23.0 Å². The van der Waals surface area contributed by atoms with Crippen molar-refractivity contribution in [3.8, 4) is 57.5 Å². The fourth-order valence-electron chi connectivity index (χ4n) is 4.08. The van der Waals surface area contributed by atoms with E-state index in [4.69, 9.17) is 28.4 Å². The highest BCUT2D eigenvalue weighted by Crippen LogP contribution is 2.51. The molecule has 0 fully saturated rings. The number of ether oxygens (including phenoxy) is 6. The van der Waals surface area contributed by atoms with Crippen molar-refractivity contribution in [2.45, 2.75) is 13.8 Å². The Morgan fingerprint density at radius 1 is 0.429 bits per heavy atom. The van der Waals surface area contributed by atoms with Crippen LogP contribution in [0.4, 0.5) is 0 Å². The summed E-state index contributed by atoms with van der Waals surface area (Å²) in [5.41, 5.74) is 0. The molecule has 0 unspecified atom stereocenters. The van der Waals surface area contributed by atoms with Crippen LogP contribution < -0.4 is 28.4 Å². The van der Waals surface area contributed by atoms with E-state index in [2.05, 4.69) is 112 Å². The van der Waals surface area contributed by atoms with Gasteiger partial charge in [0.05, 0.1) is 17.9 Å². The first-order valence-corrected chi connectivity index (χ1v) is 19.3. The summed E-state index contributed by atoms with van der Waals surface area (Å²) in [5, 5.41) is 0. The molecule has 0 spiro atoms. The number of esters is 2. The van der Waals surface area contributed by atoms with E-state index in [1.807, 2.05) is 24.3 Å². The van der Waals surface area contributed by atoms with Crippen molar-refractivity contribution in [1.82, 2.24) is 0 Å². The zero-order valence-electron chi connectivity index (χ0n) is 24.9. The molecule has 5 aromatic rings. The Morgan fingerprint density at radius 2 is 0.918 bits per heavy atom. The molecule has 8 nitrogen and oxygen atoms in total. The van der Waals surface area contributed by atoms with Crippen molar-refractivity contribution >= 4 is 123 Å². The van der Waals surface area contributed by atoms with Crippen molar-refractivity contribution in [3.63, 3.8) is 0 Å². The fourth-order valence-corrected chi connectivity index (χ4v) is 7.77. The average Bonchev–Trinajstić information content (AvgIpc) is 3.01. The Kier molecular flexibility index (Phi) is 12.9. The molecule has 0 atom stereocenters. The highest BCUT2D eigenvalue weighted by Gasteiger charge is 2.23. The van der Waals surface area contributed by atoms with Crippen LogP contribution in [0.3, 0.4) is 0 Å². The molecular weight excluding hydrogens is 1100 g/mol. The van der Waals surface area contributed by atoms with Crippen molar-refractivity contribution < 1.29 is 38.0 Å². The van der Waals surface area contributed by atoms with Gasteiger partial charge in [0, 0.05) is 28.9 Å². The van der Waals surface area contributed by atoms with Gasteiger partial charge in [0.1, 0.15) is 39.0 Å². The minimum absolute atomic E-state index is 0.172. The summed E-state index contributed by atoms with van der Waals surface area (Å²) in [6, 6.07) is 22.4. The third-order valence-electron chi connectivity index (χ3n) is 6.09. The van der Waals surface area contributed by atoms with Gasteiger partial charge in [-0.15, -0.1) is 0 Å². The van der Waals surface area contributed by atoms with E-state index in [0.717, 1.165) is 8.95 Å². The van der Waals surface area contributed by atoms with Crippen LogP contribution in [0.2, 0.25) is 0 Å². The average molecular weight is 1110 g/mol. The Bertz CT molecular complexity index is 2090. The predicted molar refractivity (Wildman–Crippen MR) is 209 cm³/mol. The first-order chi connectivity index (χ1) is 23.3. The number of hydrogen-bond acceptors (Lipinski definition) is 8. The van der Waals surface area contributed by atoms with Crippen LogP contribution in [0, 0.1) is 0 Å². The largest absolute Gasteiger partial charge is 0.457 e. The van der Waals surface area contributed by atoms with Crippen molar-refractivity contribution in [2.75, 3.05) is 0 Å². The summed E-state index contributed by atoms with van der Waals surface area (Å²) in [6.07, 6.45) is 0. The highest BCUT2D eigenvalue weighted by molar-refractivity contribution is 9.11. The summed E-state index contributed by atoms with van der Waals surface area (Å²) in [5.74, 6) is 2.50. The standard InChI is InChI=1S/C34H19Br7O8/c1-16(42)44-26-8-5-20(13-24(26)39)46-21-14-25(40)33(31(15-21)47-27-6-3-18(35)11-22(27)37)49-29-9-10-30(45-17(2)43)34(32(29)41)48-28-7-4-19(36)12-23(28)38/h3-15H,1-2H3. The van der Waals surface area contributed by atoms with E-state index >= 15 is 0 Å². The Morgan fingerprint density at radius 3 is 1.51 bits per heavy atom. The maximum absolute atomic E-state index is 12.0. The monoisotopic (exact) mass is 1110 g/mol. The van der Waals surface area contributed by atoms with E-state index in [1.165, 1.54) is 13.8 Å². The maximum atomic E-state index is 12.0. The topological polar surface area (TPSA) is 89.5 Å². The second kappa shape index (κ2) is 16.7. The molecule has 49 heavy (non-hydrogen) atoms. The number of halogens is 7. The first-order valence-electron chi connectivity index (χ1n) is 13.7. The molecule has 5 rings (SSSR count). The summed E-state index contributed by atoms with van der Waals surface area (Å²) in [6.45, 7) is 2.63. The van der Waals surface area contributed by atoms with Crippen LogP contribution >= 0.6 is 112 Å². The second-order valence-electron chi connectivity index (χ2n) is 9.77. The highest BCUT2D eigenvalue weighted by atomic mass is 79.9. The Hall–Kier alpha value is -2.40. The maximum Gasteiger partial charge on any atom is 0.308 e. The van der Waals surface area contributed by atoms with Gasteiger partial charge < -0.3 is 28.4 Å². The molecule has 252 valence electrons. The number of carbonyl (C=O) groups excluding carboxylic acids is 2. The van der Waals surface area contributed by atoms with E-state index < -0.39 is 11.9 Å². The van der Waals surface area contributed by atoms with Gasteiger partial charge in [-0.05, 0) is 152 Å². The predicted octanol–water partition coefficient (Wildman–Crippen LogP) is 14.0. The van der Waals surface area contributed by atoms with Crippen LogP contribution in [-0.2, 0) is 9.59 Å². The third kappa shape index (κ3) is 9.89. The van der Waals surface area contributed by atoms with E-state index in [0.29, 0.717) is 62.6 Å². The number of carbonyl (C=O) groups is 2. The summed E-state index contributed by atoms with van der Waals surface area (Å²) < 4.78 is 40.4. The summed E-state index contributed by atoms with van der Waals surface area (Å²) in [7, 11) is 0. The molecule has 0 aromatic heterocycles. The van der Waals surface area contributed by atoms with Gasteiger partial charge in [0.25, 0.3) is 0 Å². The van der Waals surface area contributed by atoms with Crippen LogP contribution in [0.1, 0.15) is 13.8 Å². The van der Waals surface area contributed by atoms with E-state index in [1.54, 1.807) is 54.6 Å². The molecular formula is C34H19Br7O8. The molecule has 0 bridgehead atoms. The minimum Gasteiger partial charge on any atom is -0.457 e. The molecule has 0 amide bonds. The molecule has 0 saturated carbocycles. The SMILES string of the molecule is CC(=O)Oc1ccc(Oc2cc(Br)c(Oc3ccc(OC(C)=O)c(Oc4ccc(Br)cc4Br)c3Br)c(Oc3ccc(Br)cc3Br)c2)cc1Br. The van der Waals surface area contributed by atoms with Crippen molar-refractivity contribution in [3.05, 3.63) is 110 Å². The zero-order valence-corrected chi connectivity index (χ0v) is 36.0. The second-order valence-corrected chi connectivity index (χ2v) is 15.8. The Balaban J connectivity index is 1.56. The van der Waals surface area contributed by atoms with Gasteiger partial charge in [-0.1, -0.05) is 31.9 Å². The smallest absolute Gasteiger partial charge is 0.308 e.